The number of morpholine rings is 1. The maximum atomic E-state index is 10.6. The molecule has 1 aromatic rings. The lowest BCUT2D eigenvalue weighted by Gasteiger charge is -2.33. The number of carboxylic acid groups (broad SMARTS) is 1. The zero-order chi connectivity index (χ0) is 15.2. The molecule has 6 nitrogen and oxygen atoms in total. The van der Waals surface area contributed by atoms with Gasteiger partial charge in [0.2, 0.25) is 0 Å². The number of aliphatic carboxylic acids is 1. The molecule has 0 amide bonds. The van der Waals surface area contributed by atoms with E-state index < -0.39 is 5.97 Å². The Balaban J connectivity index is 1.82. The lowest BCUT2D eigenvalue weighted by atomic mass is 10.0. The summed E-state index contributed by atoms with van der Waals surface area (Å²) < 4.78 is 7.50. The van der Waals surface area contributed by atoms with Gasteiger partial charge >= 0.3 is 5.97 Å². The largest absolute Gasteiger partial charge is 0.481 e. The summed E-state index contributed by atoms with van der Waals surface area (Å²) in [6.07, 6.45) is 5.29. The molecule has 1 aliphatic heterocycles. The number of hydrogen-bond donors (Lipinski definition) is 1. The molecule has 1 aliphatic rings. The minimum absolute atomic E-state index is 0.106. The van der Waals surface area contributed by atoms with Gasteiger partial charge in [-0.15, -0.1) is 0 Å². The van der Waals surface area contributed by atoms with Crippen molar-refractivity contribution >= 4 is 5.97 Å². The van der Waals surface area contributed by atoms with Crippen molar-refractivity contribution < 1.29 is 14.6 Å². The Kier molecular flexibility index (Phi) is 5.76. The second kappa shape index (κ2) is 7.56. The highest BCUT2D eigenvalue weighted by atomic mass is 16.5. The first kappa shape index (κ1) is 16.0. The maximum absolute atomic E-state index is 10.6. The molecule has 6 heteroatoms. The van der Waals surface area contributed by atoms with E-state index in [0.29, 0.717) is 18.6 Å². The molecule has 1 aromatic heterocycles. The van der Waals surface area contributed by atoms with E-state index in [9.17, 15) is 4.79 Å². The molecular weight excluding hydrogens is 270 g/mol. The van der Waals surface area contributed by atoms with Crippen molar-refractivity contribution in [3.05, 3.63) is 18.0 Å². The summed E-state index contributed by atoms with van der Waals surface area (Å²) in [6, 6.07) is 0. The van der Waals surface area contributed by atoms with Gasteiger partial charge in [-0.3, -0.25) is 14.4 Å². The van der Waals surface area contributed by atoms with Gasteiger partial charge in [0.25, 0.3) is 0 Å². The summed E-state index contributed by atoms with van der Waals surface area (Å²) in [5.41, 5.74) is 1.13. The van der Waals surface area contributed by atoms with E-state index in [1.165, 1.54) is 0 Å². The van der Waals surface area contributed by atoms with Gasteiger partial charge in [-0.1, -0.05) is 13.8 Å². The van der Waals surface area contributed by atoms with Gasteiger partial charge in [0, 0.05) is 31.4 Å². The van der Waals surface area contributed by atoms with Gasteiger partial charge in [0.15, 0.2) is 0 Å². The van der Waals surface area contributed by atoms with Crippen molar-refractivity contribution in [1.29, 1.82) is 0 Å². The first-order valence-corrected chi connectivity index (χ1v) is 7.60. The van der Waals surface area contributed by atoms with Gasteiger partial charge in [-0.2, -0.15) is 5.10 Å². The van der Waals surface area contributed by atoms with Gasteiger partial charge in [0.05, 0.1) is 31.9 Å². The fraction of sp³-hybridized carbons (Fsp3) is 0.733. The number of hydrogen-bond acceptors (Lipinski definition) is 4. The van der Waals surface area contributed by atoms with E-state index in [-0.39, 0.29) is 6.42 Å². The topological polar surface area (TPSA) is 67.6 Å². The van der Waals surface area contributed by atoms with Crippen molar-refractivity contribution in [3.63, 3.8) is 0 Å². The molecule has 1 N–H and O–H groups in total. The predicted molar refractivity (Wildman–Crippen MR) is 79.0 cm³/mol. The van der Waals surface area contributed by atoms with E-state index in [2.05, 4.69) is 23.8 Å². The molecule has 1 saturated heterocycles. The lowest BCUT2D eigenvalue weighted by Crippen LogP contribution is -2.42. The van der Waals surface area contributed by atoms with Crippen LogP contribution >= 0.6 is 0 Å². The number of carboxylic acids is 1. The fourth-order valence-corrected chi connectivity index (χ4v) is 2.67. The van der Waals surface area contributed by atoms with Crippen LogP contribution in [0.3, 0.4) is 0 Å². The monoisotopic (exact) mass is 295 g/mol. The molecule has 0 saturated carbocycles. The summed E-state index contributed by atoms with van der Waals surface area (Å²) in [4.78, 5) is 12.9. The summed E-state index contributed by atoms with van der Waals surface area (Å²) in [7, 11) is 0. The highest BCUT2D eigenvalue weighted by molar-refractivity contribution is 5.66. The van der Waals surface area contributed by atoms with Crippen LogP contribution in [0.25, 0.3) is 0 Å². The van der Waals surface area contributed by atoms with Crippen LogP contribution in [0, 0.1) is 5.92 Å². The second-order valence-corrected chi connectivity index (χ2v) is 6.11. The minimum atomic E-state index is -0.795. The predicted octanol–water partition coefficient (Wildman–Crippen LogP) is 1.60. The van der Waals surface area contributed by atoms with Gasteiger partial charge in [-0.25, -0.2) is 0 Å². The Morgan fingerprint density at radius 3 is 3.10 bits per heavy atom. The SMILES string of the molecule is CC(C)C[C@H]1CN(Cc2cnn(CCC(=O)O)c2)CCO1. The molecule has 0 spiro atoms. The highest BCUT2D eigenvalue weighted by Crippen LogP contribution is 2.15. The first-order valence-electron chi connectivity index (χ1n) is 7.60. The van der Waals surface area contributed by atoms with Crippen LogP contribution in [0.2, 0.25) is 0 Å². The van der Waals surface area contributed by atoms with E-state index in [1.54, 1.807) is 4.68 Å². The summed E-state index contributed by atoms with van der Waals surface area (Å²) >= 11 is 0. The van der Waals surface area contributed by atoms with Crippen LogP contribution in [0.5, 0.6) is 0 Å². The summed E-state index contributed by atoms with van der Waals surface area (Å²) in [5.74, 6) is -0.148. The zero-order valence-corrected chi connectivity index (χ0v) is 12.9. The van der Waals surface area contributed by atoms with Crippen molar-refractivity contribution in [2.24, 2.45) is 5.92 Å². The Morgan fingerprint density at radius 1 is 1.57 bits per heavy atom. The molecule has 2 heterocycles. The Hall–Kier alpha value is -1.40. The number of ether oxygens (including phenoxy) is 1. The van der Waals surface area contributed by atoms with E-state index >= 15 is 0 Å². The van der Waals surface area contributed by atoms with E-state index in [1.807, 2.05) is 12.4 Å². The maximum Gasteiger partial charge on any atom is 0.305 e. The van der Waals surface area contributed by atoms with Crippen molar-refractivity contribution in [3.8, 4) is 0 Å². The van der Waals surface area contributed by atoms with Crippen LogP contribution in [-0.4, -0.2) is 51.6 Å². The quantitative estimate of drug-likeness (QED) is 0.827. The molecule has 1 fully saturated rings. The van der Waals surface area contributed by atoms with Gasteiger partial charge in [0.1, 0.15) is 0 Å². The summed E-state index contributed by atoms with van der Waals surface area (Å²) in [5, 5.41) is 12.9. The smallest absolute Gasteiger partial charge is 0.305 e. The standard InChI is InChI=1S/C15H25N3O3/c1-12(2)7-14-11-17(5-6-21-14)9-13-8-16-18(10-13)4-3-15(19)20/h8,10,12,14H,3-7,9,11H2,1-2H3,(H,19,20)/t14-/m0/s1. The Morgan fingerprint density at radius 2 is 2.38 bits per heavy atom. The van der Waals surface area contributed by atoms with Crippen LogP contribution in [0.1, 0.15) is 32.3 Å². The average molecular weight is 295 g/mol. The van der Waals surface area contributed by atoms with Crippen molar-refractivity contribution in [2.75, 3.05) is 19.7 Å². The first-order chi connectivity index (χ1) is 10.0. The van der Waals surface area contributed by atoms with Gasteiger partial charge in [-0.05, 0) is 12.3 Å². The fourth-order valence-electron chi connectivity index (χ4n) is 2.67. The molecule has 118 valence electrons. The molecule has 0 aromatic carbocycles. The Bertz CT molecular complexity index is 459. The third-order valence-corrected chi connectivity index (χ3v) is 3.60. The van der Waals surface area contributed by atoms with E-state index in [0.717, 1.165) is 38.2 Å². The number of carbonyl (C=O) groups is 1. The molecule has 1 atom stereocenters. The minimum Gasteiger partial charge on any atom is -0.481 e. The summed E-state index contributed by atoms with van der Waals surface area (Å²) in [6.45, 7) is 8.39. The number of nitrogens with zero attached hydrogens (tertiary/aromatic N) is 3. The van der Waals surface area contributed by atoms with Crippen LogP contribution in [0.4, 0.5) is 0 Å². The van der Waals surface area contributed by atoms with Crippen LogP contribution < -0.4 is 0 Å². The second-order valence-electron chi connectivity index (χ2n) is 6.11. The molecule has 0 radical (unpaired) electrons. The van der Waals surface area contributed by atoms with Crippen molar-refractivity contribution in [1.82, 2.24) is 14.7 Å². The molecule has 0 bridgehead atoms. The zero-order valence-electron chi connectivity index (χ0n) is 12.9. The van der Waals surface area contributed by atoms with Crippen molar-refractivity contribution in [2.45, 2.75) is 45.9 Å². The van der Waals surface area contributed by atoms with Crippen LogP contribution in [0.15, 0.2) is 12.4 Å². The molecule has 2 rings (SSSR count). The molecule has 0 unspecified atom stereocenters. The average Bonchev–Trinajstić information content (AvgIpc) is 2.83. The number of aromatic nitrogens is 2. The third-order valence-electron chi connectivity index (χ3n) is 3.60. The normalized spacial score (nSPS) is 20.0. The third kappa shape index (κ3) is 5.47. The lowest BCUT2D eigenvalue weighted by molar-refractivity contribution is -0.137. The molecule has 0 aliphatic carbocycles. The van der Waals surface area contributed by atoms with E-state index in [4.69, 9.17) is 9.84 Å². The number of aryl methyl sites for hydroxylation is 1. The highest BCUT2D eigenvalue weighted by Gasteiger charge is 2.21. The molecular formula is C15H25N3O3. The van der Waals surface area contributed by atoms with Gasteiger partial charge < -0.3 is 9.84 Å². The number of rotatable bonds is 7. The molecule has 21 heavy (non-hydrogen) atoms. The Labute approximate surface area is 125 Å². The van der Waals surface area contributed by atoms with Crippen LogP contribution in [-0.2, 0) is 22.6 Å².